The Kier molecular flexibility index (Phi) is 4.45. The largest absolute Gasteiger partial charge is 0.458 e. The summed E-state index contributed by atoms with van der Waals surface area (Å²) in [7, 11) is 0. The second-order valence-corrected chi connectivity index (χ2v) is 11.2. The van der Waals surface area contributed by atoms with Crippen molar-refractivity contribution in [3.63, 3.8) is 0 Å². The molecule has 0 bridgehead atoms. The van der Waals surface area contributed by atoms with Gasteiger partial charge in [0.15, 0.2) is 5.41 Å². The number of ether oxygens (including phenoxy) is 2. The van der Waals surface area contributed by atoms with Crippen LogP contribution in [0.15, 0.2) is 0 Å². The lowest BCUT2D eigenvalue weighted by Gasteiger charge is -2.52. The van der Waals surface area contributed by atoms with Gasteiger partial charge in [-0.05, 0) is 37.0 Å². The van der Waals surface area contributed by atoms with Crippen LogP contribution < -0.4 is 0 Å². The van der Waals surface area contributed by atoms with Crippen LogP contribution in [0.2, 0.25) is 0 Å². The van der Waals surface area contributed by atoms with Crippen LogP contribution in [-0.4, -0.2) is 24.1 Å². The molecule has 6 unspecified atom stereocenters. The van der Waals surface area contributed by atoms with Crippen LogP contribution >= 0.6 is 0 Å². The van der Waals surface area contributed by atoms with E-state index in [9.17, 15) is 14.9 Å². The fourth-order valence-corrected chi connectivity index (χ4v) is 5.42. The molecule has 5 heteroatoms. The lowest BCUT2D eigenvalue weighted by Crippen LogP contribution is -2.62. The summed E-state index contributed by atoms with van der Waals surface area (Å²) < 4.78 is 11.6. The summed E-state index contributed by atoms with van der Waals surface area (Å²) in [6.07, 6.45) is 2.07. The Labute approximate surface area is 162 Å². The number of hydrogen-bond acceptors (Lipinski definition) is 5. The minimum atomic E-state index is -1.02. The summed E-state index contributed by atoms with van der Waals surface area (Å²) in [4.78, 5) is 25.7. The lowest BCUT2D eigenvalue weighted by molar-refractivity contribution is -0.211. The Hall–Kier alpha value is -1.57. The van der Waals surface area contributed by atoms with Crippen molar-refractivity contribution in [3.8, 4) is 6.07 Å². The monoisotopic (exact) mass is 375 g/mol. The molecule has 27 heavy (non-hydrogen) atoms. The maximum Gasteiger partial charge on any atom is 0.327 e. The number of nitrogens with zero attached hydrogens (tertiary/aromatic N) is 1. The molecule has 3 aliphatic rings. The first-order valence-corrected chi connectivity index (χ1v) is 10.1. The number of hydrogen-bond donors (Lipinski definition) is 0. The summed E-state index contributed by atoms with van der Waals surface area (Å²) in [5, 5.41) is 9.63. The van der Waals surface area contributed by atoms with E-state index in [4.69, 9.17) is 9.47 Å². The topological polar surface area (TPSA) is 76.4 Å². The molecule has 0 aromatic carbocycles. The zero-order valence-electron chi connectivity index (χ0n) is 17.7. The standard InChI is InChI=1S/C22H33NO4/c1-19(2,3)11-21(7,20(4,5)6)17(24)26-15-13-9-8-10-22(12-23)14(13)16(15)27-18(22)25/h13-16H,8-11H2,1-7H3. The summed E-state index contributed by atoms with van der Waals surface area (Å²) in [6, 6.07) is 2.23. The molecule has 2 aliphatic carbocycles. The van der Waals surface area contributed by atoms with E-state index in [2.05, 4.69) is 47.6 Å². The van der Waals surface area contributed by atoms with E-state index in [-0.39, 0.29) is 28.6 Å². The molecule has 0 aromatic heterocycles. The van der Waals surface area contributed by atoms with Crippen molar-refractivity contribution in [1.82, 2.24) is 0 Å². The quantitative estimate of drug-likeness (QED) is 0.689. The smallest absolute Gasteiger partial charge is 0.327 e. The van der Waals surface area contributed by atoms with Crippen LogP contribution in [0.25, 0.3) is 0 Å². The predicted molar refractivity (Wildman–Crippen MR) is 100 cm³/mol. The average Bonchev–Trinajstić information content (AvgIpc) is 2.82. The van der Waals surface area contributed by atoms with E-state index in [1.54, 1.807) is 0 Å². The molecule has 0 radical (unpaired) electrons. The Morgan fingerprint density at radius 2 is 1.89 bits per heavy atom. The maximum absolute atomic E-state index is 13.3. The third-order valence-electron chi connectivity index (χ3n) is 7.28. The normalized spacial score (nSPS) is 37.3. The zero-order chi connectivity index (χ0) is 20.4. The van der Waals surface area contributed by atoms with Gasteiger partial charge in [-0.15, -0.1) is 0 Å². The summed E-state index contributed by atoms with van der Waals surface area (Å²) in [6.45, 7) is 14.6. The number of carbonyl (C=O) groups is 2. The second-order valence-electron chi connectivity index (χ2n) is 11.2. The van der Waals surface area contributed by atoms with Crippen molar-refractivity contribution in [3.05, 3.63) is 0 Å². The molecule has 1 heterocycles. The van der Waals surface area contributed by atoms with Gasteiger partial charge in [-0.25, -0.2) is 0 Å². The van der Waals surface area contributed by atoms with Crippen molar-refractivity contribution >= 4 is 11.9 Å². The number of nitriles is 1. The summed E-state index contributed by atoms with van der Waals surface area (Å²) in [5.74, 6) is -0.705. The molecule has 0 amide bonds. The maximum atomic E-state index is 13.3. The first-order chi connectivity index (χ1) is 12.3. The fraction of sp³-hybridized carbons (Fsp3) is 0.864. The van der Waals surface area contributed by atoms with Gasteiger partial charge in [-0.3, -0.25) is 9.59 Å². The average molecular weight is 376 g/mol. The van der Waals surface area contributed by atoms with Crippen LogP contribution in [0.1, 0.15) is 74.1 Å². The number of carbonyl (C=O) groups excluding carboxylic acids is 2. The highest BCUT2D eigenvalue weighted by Gasteiger charge is 2.73. The Bertz CT molecular complexity index is 695. The first-order valence-electron chi connectivity index (χ1n) is 10.1. The van der Waals surface area contributed by atoms with E-state index in [1.807, 2.05) is 6.92 Å². The third kappa shape index (κ3) is 2.87. The Morgan fingerprint density at radius 3 is 2.41 bits per heavy atom. The zero-order valence-corrected chi connectivity index (χ0v) is 17.7. The molecular weight excluding hydrogens is 342 g/mol. The van der Waals surface area contributed by atoms with Gasteiger partial charge in [-0.2, -0.15) is 5.26 Å². The molecule has 6 atom stereocenters. The molecule has 1 saturated heterocycles. The predicted octanol–water partition coefficient (Wildman–Crippen LogP) is 4.25. The van der Waals surface area contributed by atoms with Gasteiger partial charge in [-0.1, -0.05) is 48.0 Å². The molecular formula is C22H33NO4. The van der Waals surface area contributed by atoms with Crippen molar-refractivity contribution in [2.24, 2.45) is 33.5 Å². The first kappa shape index (κ1) is 20.2. The van der Waals surface area contributed by atoms with Gasteiger partial charge in [0, 0.05) is 11.8 Å². The SMILES string of the molecule is CC(C)(C)CC(C)(C(=O)OC1C2CCCC3(C#N)C(=O)OC1C23)C(C)(C)C. The molecule has 5 nitrogen and oxygen atoms in total. The van der Waals surface area contributed by atoms with Crippen LogP contribution in [-0.2, 0) is 19.1 Å². The van der Waals surface area contributed by atoms with E-state index in [0.29, 0.717) is 12.8 Å². The summed E-state index contributed by atoms with van der Waals surface area (Å²) >= 11 is 0. The molecule has 150 valence electrons. The molecule has 3 rings (SSSR count). The van der Waals surface area contributed by atoms with E-state index in [0.717, 1.165) is 12.8 Å². The van der Waals surface area contributed by atoms with Crippen LogP contribution in [0, 0.1) is 44.8 Å². The number of rotatable bonds is 3. The van der Waals surface area contributed by atoms with Crippen LogP contribution in [0.3, 0.4) is 0 Å². The lowest BCUT2D eigenvalue weighted by atomic mass is 9.52. The molecule has 0 aromatic rings. The highest BCUT2D eigenvalue weighted by molar-refractivity contribution is 5.84. The van der Waals surface area contributed by atoms with Crippen LogP contribution in [0.4, 0.5) is 0 Å². The van der Waals surface area contributed by atoms with E-state index >= 15 is 0 Å². The van der Waals surface area contributed by atoms with Crippen molar-refractivity contribution in [2.75, 3.05) is 0 Å². The third-order valence-corrected chi connectivity index (χ3v) is 7.28. The molecule has 0 spiro atoms. The van der Waals surface area contributed by atoms with Gasteiger partial charge in [0.05, 0.1) is 11.5 Å². The number of esters is 2. The van der Waals surface area contributed by atoms with Crippen molar-refractivity contribution in [1.29, 1.82) is 5.26 Å². The molecule has 1 aliphatic heterocycles. The molecule has 0 N–H and O–H groups in total. The minimum Gasteiger partial charge on any atom is -0.458 e. The van der Waals surface area contributed by atoms with Crippen molar-refractivity contribution in [2.45, 2.75) is 86.4 Å². The van der Waals surface area contributed by atoms with E-state index < -0.39 is 29.0 Å². The van der Waals surface area contributed by atoms with Gasteiger partial charge in [0.1, 0.15) is 12.2 Å². The van der Waals surface area contributed by atoms with Crippen LogP contribution in [0.5, 0.6) is 0 Å². The van der Waals surface area contributed by atoms with Gasteiger partial charge >= 0.3 is 11.9 Å². The Balaban J connectivity index is 1.82. The molecule has 2 saturated carbocycles. The van der Waals surface area contributed by atoms with E-state index in [1.165, 1.54) is 0 Å². The second kappa shape index (κ2) is 5.96. The fourth-order valence-electron chi connectivity index (χ4n) is 5.42. The Morgan fingerprint density at radius 1 is 1.26 bits per heavy atom. The minimum absolute atomic E-state index is 0.0240. The van der Waals surface area contributed by atoms with Gasteiger partial charge < -0.3 is 9.47 Å². The molecule has 3 fully saturated rings. The van der Waals surface area contributed by atoms with Gasteiger partial charge in [0.25, 0.3) is 0 Å². The summed E-state index contributed by atoms with van der Waals surface area (Å²) in [5.41, 5.74) is -1.96. The highest BCUT2D eigenvalue weighted by Crippen LogP contribution is 2.62. The van der Waals surface area contributed by atoms with Gasteiger partial charge in [0.2, 0.25) is 0 Å². The highest BCUT2D eigenvalue weighted by atomic mass is 16.6. The van der Waals surface area contributed by atoms with Crippen molar-refractivity contribution < 1.29 is 19.1 Å².